The summed E-state index contributed by atoms with van der Waals surface area (Å²) in [6.07, 6.45) is 0. The largest absolute Gasteiger partial charge is 0.497 e. The molecule has 0 aliphatic carbocycles. The second-order valence-corrected chi connectivity index (χ2v) is 3.04. The van der Waals surface area contributed by atoms with Crippen LogP contribution in [0.1, 0.15) is 15.9 Å². The Morgan fingerprint density at radius 2 is 2.13 bits per heavy atom. The molecule has 0 saturated heterocycles. The number of carbonyl (C=O) groups excluding carboxylic acids is 1. The first-order valence-electron chi connectivity index (χ1n) is 4.14. The van der Waals surface area contributed by atoms with E-state index in [-0.39, 0.29) is 17.0 Å². The highest BCUT2D eigenvalue weighted by molar-refractivity contribution is 6.17. The van der Waals surface area contributed by atoms with Gasteiger partial charge in [-0.25, -0.2) is 9.18 Å². The molecule has 0 amide bonds. The van der Waals surface area contributed by atoms with Crippen molar-refractivity contribution in [3.63, 3.8) is 0 Å². The van der Waals surface area contributed by atoms with Gasteiger partial charge < -0.3 is 9.47 Å². The van der Waals surface area contributed by atoms with E-state index in [2.05, 4.69) is 4.74 Å². The summed E-state index contributed by atoms with van der Waals surface area (Å²) in [7, 11) is 2.61. The molecule has 0 radical (unpaired) electrons. The third-order valence-corrected chi connectivity index (χ3v) is 2.19. The number of rotatable bonds is 3. The molecule has 0 spiro atoms. The first-order valence-corrected chi connectivity index (χ1v) is 4.68. The number of carbonyl (C=O) groups is 1. The standard InChI is InChI=1S/C10H10ClFO3/c1-14-7-3-6(5-11)9(12)8(4-7)10(13)15-2/h3-4H,5H2,1-2H3. The van der Waals surface area contributed by atoms with E-state index in [0.29, 0.717) is 5.75 Å². The van der Waals surface area contributed by atoms with Crippen molar-refractivity contribution < 1.29 is 18.7 Å². The fourth-order valence-corrected chi connectivity index (χ4v) is 1.32. The molecule has 0 bridgehead atoms. The predicted molar refractivity (Wildman–Crippen MR) is 53.8 cm³/mol. The summed E-state index contributed by atoms with van der Waals surface area (Å²) in [5.74, 6) is -1.09. The van der Waals surface area contributed by atoms with Gasteiger partial charge in [0.05, 0.1) is 25.7 Å². The zero-order valence-corrected chi connectivity index (χ0v) is 9.10. The molecule has 82 valence electrons. The van der Waals surface area contributed by atoms with Crippen LogP contribution in [-0.2, 0) is 10.6 Å². The minimum atomic E-state index is -0.752. The number of hydrogen-bond donors (Lipinski definition) is 0. The van der Waals surface area contributed by atoms with Crippen molar-refractivity contribution in [2.24, 2.45) is 0 Å². The summed E-state index contributed by atoms with van der Waals surface area (Å²) < 4.78 is 22.9. The van der Waals surface area contributed by atoms with Gasteiger partial charge in [0.25, 0.3) is 0 Å². The Bertz CT molecular complexity index is 379. The number of hydrogen-bond acceptors (Lipinski definition) is 3. The fourth-order valence-electron chi connectivity index (χ4n) is 1.13. The van der Waals surface area contributed by atoms with Gasteiger partial charge in [0, 0.05) is 5.56 Å². The van der Waals surface area contributed by atoms with E-state index >= 15 is 0 Å². The van der Waals surface area contributed by atoms with E-state index in [1.807, 2.05) is 0 Å². The lowest BCUT2D eigenvalue weighted by Crippen LogP contribution is -2.07. The number of esters is 1. The van der Waals surface area contributed by atoms with Crippen molar-refractivity contribution in [3.8, 4) is 5.75 Å². The number of alkyl halides is 1. The minimum Gasteiger partial charge on any atom is -0.497 e. The molecule has 0 heterocycles. The maximum atomic E-state index is 13.6. The fraction of sp³-hybridized carbons (Fsp3) is 0.300. The van der Waals surface area contributed by atoms with Gasteiger partial charge in [-0.15, -0.1) is 11.6 Å². The number of benzene rings is 1. The van der Waals surface area contributed by atoms with Crippen LogP contribution in [0.5, 0.6) is 5.75 Å². The normalized spacial score (nSPS) is 9.87. The van der Waals surface area contributed by atoms with Gasteiger partial charge in [-0.3, -0.25) is 0 Å². The molecule has 1 rings (SSSR count). The molecule has 0 fully saturated rings. The van der Waals surface area contributed by atoms with E-state index in [4.69, 9.17) is 16.3 Å². The molecule has 15 heavy (non-hydrogen) atoms. The Hall–Kier alpha value is -1.29. The number of methoxy groups -OCH3 is 2. The average Bonchev–Trinajstić information content (AvgIpc) is 2.28. The molecular formula is C10H10ClFO3. The smallest absolute Gasteiger partial charge is 0.340 e. The summed E-state index contributed by atoms with van der Waals surface area (Å²) in [4.78, 5) is 11.2. The molecule has 0 aliphatic rings. The average molecular weight is 233 g/mol. The van der Waals surface area contributed by atoms with Crippen LogP contribution in [0, 0.1) is 5.82 Å². The van der Waals surface area contributed by atoms with Crippen molar-refractivity contribution in [1.82, 2.24) is 0 Å². The van der Waals surface area contributed by atoms with Crippen molar-refractivity contribution in [2.45, 2.75) is 5.88 Å². The lowest BCUT2D eigenvalue weighted by atomic mass is 10.1. The Morgan fingerprint density at radius 3 is 2.60 bits per heavy atom. The highest BCUT2D eigenvalue weighted by atomic mass is 35.5. The maximum Gasteiger partial charge on any atom is 0.340 e. The van der Waals surface area contributed by atoms with Gasteiger partial charge in [0.1, 0.15) is 11.6 Å². The molecule has 3 nitrogen and oxygen atoms in total. The molecule has 1 aromatic carbocycles. The van der Waals surface area contributed by atoms with Crippen molar-refractivity contribution >= 4 is 17.6 Å². The van der Waals surface area contributed by atoms with Crippen LogP contribution in [0.4, 0.5) is 4.39 Å². The zero-order chi connectivity index (χ0) is 11.4. The Morgan fingerprint density at radius 1 is 1.47 bits per heavy atom. The summed E-state index contributed by atoms with van der Waals surface area (Å²) in [6, 6.07) is 2.71. The predicted octanol–water partition coefficient (Wildman–Crippen LogP) is 2.36. The van der Waals surface area contributed by atoms with Crippen LogP contribution in [0.3, 0.4) is 0 Å². The van der Waals surface area contributed by atoms with Crippen molar-refractivity contribution in [2.75, 3.05) is 14.2 Å². The molecular weight excluding hydrogens is 223 g/mol. The molecule has 0 atom stereocenters. The quantitative estimate of drug-likeness (QED) is 0.593. The van der Waals surface area contributed by atoms with E-state index in [1.54, 1.807) is 0 Å². The second kappa shape index (κ2) is 4.98. The SMILES string of the molecule is COC(=O)c1cc(OC)cc(CCl)c1F. The molecule has 0 saturated carbocycles. The first kappa shape index (κ1) is 11.8. The van der Waals surface area contributed by atoms with Gasteiger partial charge in [0.15, 0.2) is 0 Å². The first-order chi connectivity index (χ1) is 7.13. The molecule has 5 heteroatoms. The lowest BCUT2D eigenvalue weighted by Gasteiger charge is -2.08. The second-order valence-electron chi connectivity index (χ2n) is 2.77. The zero-order valence-electron chi connectivity index (χ0n) is 8.34. The minimum absolute atomic E-state index is 0.0347. The third-order valence-electron chi connectivity index (χ3n) is 1.91. The van der Waals surface area contributed by atoms with Crippen LogP contribution in [0.25, 0.3) is 0 Å². The van der Waals surface area contributed by atoms with E-state index in [0.717, 1.165) is 0 Å². The number of ether oxygens (including phenoxy) is 2. The van der Waals surface area contributed by atoms with Crippen LogP contribution >= 0.6 is 11.6 Å². The Kier molecular flexibility index (Phi) is 3.91. The van der Waals surface area contributed by atoms with Crippen molar-refractivity contribution in [3.05, 3.63) is 29.1 Å². The highest BCUT2D eigenvalue weighted by Crippen LogP contribution is 2.23. The topological polar surface area (TPSA) is 35.5 Å². The summed E-state index contributed by atoms with van der Waals surface area (Å²) in [5, 5.41) is 0. The van der Waals surface area contributed by atoms with E-state index in [1.165, 1.54) is 26.4 Å². The molecule has 1 aromatic rings. The molecule has 0 aliphatic heterocycles. The lowest BCUT2D eigenvalue weighted by molar-refractivity contribution is 0.0595. The molecule has 0 aromatic heterocycles. The van der Waals surface area contributed by atoms with Gasteiger partial charge >= 0.3 is 5.97 Å². The molecule has 0 N–H and O–H groups in total. The Labute approximate surface area is 91.7 Å². The van der Waals surface area contributed by atoms with Gasteiger partial charge in [0.2, 0.25) is 0 Å². The summed E-state index contributed by atoms with van der Waals surface area (Å²) in [6.45, 7) is 0. The van der Waals surface area contributed by atoms with Gasteiger partial charge in [-0.2, -0.15) is 0 Å². The van der Waals surface area contributed by atoms with Gasteiger partial charge in [-0.05, 0) is 12.1 Å². The van der Waals surface area contributed by atoms with Crippen LogP contribution in [0.2, 0.25) is 0 Å². The highest BCUT2D eigenvalue weighted by Gasteiger charge is 2.17. The Balaban J connectivity index is 3.30. The maximum absolute atomic E-state index is 13.6. The van der Waals surface area contributed by atoms with Crippen LogP contribution in [-0.4, -0.2) is 20.2 Å². The van der Waals surface area contributed by atoms with E-state index < -0.39 is 11.8 Å². The number of halogens is 2. The summed E-state index contributed by atoms with van der Waals surface area (Å²) in [5.41, 5.74) is 0.0314. The van der Waals surface area contributed by atoms with Crippen LogP contribution < -0.4 is 4.74 Å². The molecule has 0 unspecified atom stereocenters. The summed E-state index contributed by atoms with van der Waals surface area (Å²) >= 11 is 5.53. The monoisotopic (exact) mass is 232 g/mol. The van der Waals surface area contributed by atoms with Crippen LogP contribution in [0.15, 0.2) is 12.1 Å². The van der Waals surface area contributed by atoms with E-state index in [9.17, 15) is 9.18 Å². The van der Waals surface area contributed by atoms with Gasteiger partial charge in [-0.1, -0.05) is 0 Å². The van der Waals surface area contributed by atoms with Crippen molar-refractivity contribution in [1.29, 1.82) is 0 Å². The third kappa shape index (κ3) is 2.39.